The van der Waals surface area contributed by atoms with Crippen LogP contribution in [-0.2, 0) is 14.2 Å². The van der Waals surface area contributed by atoms with Crippen LogP contribution in [0.3, 0.4) is 0 Å². The van der Waals surface area contributed by atoms with Gasteiger partial charge in [0.25, 0.3) is 0 Å². The van der Waals surface area contributed by atoms with Gasteiger partial charge in [-0.1, -0.05) is 6.92 Å². The lowest BCUT2D eigenvalue weighted by Gasteiger charge is -2.42. The molecule has 0 bridgehead atoms. The quantitative estimate of drug-likeness (QED) is 0.218. The van der Waals surface area contributed by atoms with Gasteiger partial charge in [-0.3, -0.25) is 0 Å². The third-order valence-corrected chi connectivity index (χ3v) is 4.14. The van der Waals surface area contributed by atoms with E-state index in [0.29, 0.717) is 0 Å². The molecule has 1 saturated heterocycles. The van der Waals surface area contributed by atoms with Gasteiger partial charge in [0, 0.05) is 7.11 Å². The fraction of sp³-hybridized carbons (Fsp3) is 1.00. The van der Waals surface area contributed by atoms with Gasteiger partial charge in [-0.15, -0.1) is 0 Å². The van der Waals surface area contributed by atoms with E-state index < -0.39 is 68.3 Å². The summed E-state index contributed by atoms with van der Waals surface area (Å²) in [4.78, 5) is 0. The van der Waals surface area contributed by atoms with E-state index in [1.165, 1.54) is 7.11 Å². The molecule has 0 aromatic carbocycles. The number of rotatable bonds is 9. The van der Waals surface area contributed by atoms with Crippen LogP contribution in [0, 0.1) is 0 Å². The number of hydrogen-bond donors (Lipinski definition) is 7. The second-order valence-electron chi connectivity index (χ2n) is 5.72. The predicted molar refractivity (Wildman–Crippen MR) is 78.8 cm³/mol. The van der Waals surface area contributed by atoms with Gasteiger partial charge in [0.15, 0.2) is 6.29 Å². The lowest BCUT2D eigenvalue weighted by atomic mass is 9.98. The van der Waals surface area contributed by atoms with Crippen molar-refractivity contribution in [2.75, 3.05) is 20.3 Å². The highest BCUT2D eigenvalue weighted by atomic mass is 16.7. The molecular weight excluding hydrogens is 328 g/mol. The minimum Gasteiger partial charge on any atom is -0.394 e. The minimum absolute atomic E-state index is 0.192. The third kappa shape index (κ3) is 4.82. The highest BCUT2D eigenvalue weighted by molar-refractivity contribution is 4.91. The molecule has 6 unspecified atom stereocenters. The Balaban J connectivity index is 2.95. The fourth-order valence-corrected chi connectivity index (χ4v) is 2.50. The summed E-state index contributed by atoms with van der Waals surface area (Å²) >= 11 is 0. The van der Waals surface area contributed by atoms with Crippen LogP contribution in [0.1, 0.15) is 13.3 Å². The molecule has 0 amide bonds. The minimum atomic E-state index is -1.67. The summed E-state index contributed by atoms with van der Waals surface area (Å²) in [7, 11) is 1.26. The van der Waals surface area contributed by atoms with Crippen LogP contribution in [0.4, 0.5) is 0 Å². The Morgan fingerprint density at radius 2 is 1.67 bits per heavy atom. The zero-order valence-electron chi connectivity index (χ0n) is 13.7. The van der Waals surface area contributed by atoms with E-state index >= 15 is 0 Å². The van der Waals surface area contributed by atoms with E-state index in [9.17, 15) is 30.6 Å². The van der Waals surface area contributed by atoms with Gasteiger partial charge in [-0.05, 0) is 6.42 Å². The highest BCUT2D eigenvalue weighted by Crippen LogP contribution is 2.25. The van der Waals surface area contributed by atoms with Gasteiger partial charge in [-0.25, -0.2) is 0 Å². The summed E-state index contributed by atoms with van der Waals surface area (Å²) in [5.41, 5.74) is 0. The Bertz CT molecular complexity index is 350. The highest BCUT2D eigenvalue weighted by Gasteiger charge is 2.46. The molecule has 1 aliphatic rings. The molecule has 10 heteroatoms. The largest absolute Gasteiger partial charge is 0.394 e. The number of hydrogen-bond acceptors (Lipinski definition) is 10. The number of aliphatic hydroxyl groups excluding tert-OH is 7. The van der Waals surface area contributed by atoms with Crippen molar-refractivity contribution in [3.63, 3.8) is 0 Å². The summed E-state index contributed by atoms with van der Waals surface area (Å²) < 4.78 is 15.6. The SMILES string of the molecule is CCC(O)C(O)C(O[C@H]1OC(CO)[C@@H](O)[C@H](O)C1O)C(CO)OC. The van der Waals surface area contributed by atoms with Crippen LogP contribution < -0.4 is 0 Å². The lowest BCUT2D eigenvalue weighted by molar-refractivity contribution is -0.328. The van der Waals surface area contributed by atoms with Crippen LogP contribution in [0.25, 0.3) is 0 Å². The molecule has 1 fully saturated rings. The van der Waals surface area contributed by atoms with Crippen LogP contribution >= 0.6 is 0 Å². The summed E-state index contributed by atoms with van der Waals surface area (Å²) in [6.07, 6.45) is -12.4. The zero-order valence-corrected chi connectivity index (χ0v) is 13.7. The molecule has 0 radical (unpaired) electrons. The van der Waals surface area contributed by atoms with Crippen molar-refractivity contribution < 1.29 is 50.0 Å². The maximum Gasteiger partial charge on any atom is 0.187 e. The van der Waals surface area contributed by atoms with Crippen molar-refractivity contribution in [1.82, 2.24) is 0 Å². The van der Waals surface area contributed by atoms with Crippen molar-refractivity contribution in [3.8, 4) is 0 Å². The van der Waals surface area contributed by atoms with Crippen molar-refractivity contribution in [2.24, 2.45) is 0 Å². The first-order chi connectivity index (χ1) is 11.3. The summed E-state index contributed by atoms with van der Waals surface area (Å²) in [6, 6.07) is 0. The Kier molecular flexibility index (Phi) is 8.95. The van der Waals surface area contributed by atoms with Crippen molar-refractivity contribution in [3.05, 3.63) is 0 Å². The monoisotopic (exact) mass is 356 g/mol. The molecule has 1 rings (SSSR count). The van der Waals surface area contributed by atoms with E-state index in [4.69, 9.17) is 19.3 Å². The smallest absolute Gasteiger partial charge is 0.187 e. The Labute approximate surface area is 139 Å². The molecule has 7 N–H and O–H groups in total. The molecule has 0 aromatic heterocycles. The first kappa shape index (κ1) is 21.6. The van der Waals surface area contributed by atoms with Gasteiger partial charge in [0.2, 0.25) is 0 Å². The van der Waals surface area contributed by atoms with Crippen LogP contribution in [0.2, 0.25) is 0 Å². The molecule has 0 aliphatic carbocycles. The van der Waals surface area contributed by atoms with Crippen molar-refractivity contribution in [2.45, 2.75) is 68.5 Å². The van der Waals surface area contributed by atoms with E-state index in [1.807, 2.05) is 0 Å². The van der Waals surface area contributed by atoms with Gasteiger partial charge in [-0.2, -0.15) is 0 Å². The molecule has 10 nitrogen and oxygen atoms in total. The summed E-state index contributed by atoms with van der Waals surface area (Å²) in [5, 5.41) is 68.0. The molecule has 0 spiro atoms. The van der Waals surface area contributed by atoms with Gasteiger partial charge >= 0.3 is 0 Å². The second-order valence-corrected chi connectivity index (χ2v) is 5.72. The molecule has 24 heavy (non-hydrogen) atoms. The molecule has 1 heterocycles. The zero-order chi connectivity index (χ0) is 18.4. The maximum absolute atomic E-state index is 10.2. The molecule has 0 saturated carbocycles. The Hall–Kier alpha value is -0.400. The maximum atomic E-state index is 10.2. The van der Waals surface area contributed by atoms with Gasteiger partial charge < -0.3 is 50.0 Å². The van der Waals surface area contributed by atoms with Gasteiger partial charge in [0.05, 0.1) is 19.3 Å². The lowest BCUT2D eigenvalue weighted by Crippen LogP contribution is -2.61. The van der Waals surface area contributed by atoms with E-state index in [0.717, 1.165) is 0 Å². The third-order valence-electron chi connectivity index (χ3n) is 4.14. The molecule has 0 aromatic rings. The average Bonchev–Trinajstić information content (AvgIpc) is 2.60. The average molecular weight is 356 g/mol. The van der Waals surface area contributed by atoms with Crippen molar-refractivity contribution in [1.29, 1.82) is 0 Å². The molecule has 144 valence electrons. The van der Waals surface area contributed by atoms with Crippen LogP contribution in [0.5, 0.6) is 0 Å². The standard InChI is InChI=1S/C14H28O10/c1-3-6(17)9(18)13(8(5-16)22-2)24-14-12(21)11(20)10(19)7(4-15)23-14/h6-21H,3-5H2,1-2H3/t6?,7?,8?,9?,10-,11+,12?,13?,14-/m1/s1. The van der Waals surface area contributed by atoms with Gasteiger partial charge in [0.1, 0.15) is 42.7 Å². The first-order valence-corrected chi connectivity index (χ1v) is 7.78. The first-order valence-electron chi connectivity index (χ1n) is 7.78. The molecule has 9 atom stereocenters. The summed E-state index contributed by atoms with van der Waals surface area (Å²) in [6.45, 7) is 0.439. The van der Waals surface area contributed by atoms with E-state index in [2.05, 4.69) is 0 Å². The van der Waals surface area contributed by atoms with E-state index in [-0.39, 0.29) is 6.42 Å². The molecular formula is C14H28O10. The fourth-order valence-electron chi connectivity index (χ4n) is 2.50. The summed E-state index contributed by atoms with van der Waals surface area (Å²) in [5.74, 6) is 0. The van der Waals surface area contributed by atoms with Crippen LogP contribution in [-0.4, -0.2) is 111 Å². The van der Waals surface area contributed by atoms with Crippen molar-refractivity contribution >= 4 is 0 Å². The Morgan fingerprint density at radius 3 is 2.12 bits per heavy atom. The number of methoxy groups -OCH3 is 1. The Morgan fingerprint density at radius 1 is 1.04 bits per heavy atom. The molecule has 1 aliphatic heterocycles. The topological polar surface area (TPSA) is 169 Å². The van der Waals surface area contributed by atoms with Crippen LogP contribution in [0.15, 0.2) is 0 Å². The predicted octanol–water partition coefficient (Wildman–Crippen LogP) is -3.69. The normalized spacial score (nSPS) is 36.1. The van der Waals surface area contributed by atoms with E-state index in [1.54, 1.807) is 6.92 Å². The number of aliphatic hydroxyl groups is 7. The number of ether oxygens (including phenoxy) is 3. The second kappa shape index (κ2) is 9.92.